The first-order valence-corrected chi connectivity index (χ1v) is 4.70. The van der Waals surface area contributed by atoms with Gasteiger partial charge in [0.15, 0.2) is 0 Å². The maximum absolute atomic E-state index is 12.3. The molecule has 1 aromatic carbocycles. The Morgan fingerprint density at radius 2 is 1.53 bits per heavy atom. The first-order valence-electron chi connectivity index (χ1n) is 4.70. The SMILES string of the molecule is FC(F)(F)c1ccc(C2CNNC2)cc1. The van der Waals surface area contributed by atoms with Crippen LogP contribution in [0.4, 0.5) is 13.2 Å². The lowest BCUT2D eigenvalue weighted by atomic mass is 9.99. The van der Waals surface area contributed by atoms with Crippen LogP contribution >= 0.6 is 0 Å². The second-order valence-corrected chi connectivity index (χ2v) is 3.58. The second-order valence-electron chi connectivity index (χ2n) is 3.58. The number of halogens is 3. The molecular formula is C10H11F3N2. The highest BCUT2D eigenvalue weighted by molar-refractivity contribution is 5.28. The summed E-state index contributed by atoms with van der Waals surface area (Å²) >= 11 is 0. The molecule has 0 amide bonds. The van der Waals surface area contributed by atoms with Gasteiger partial charge in [0.2, 0.25) is 0 Å². The molecular weight excluding hydrogens is 205 g/mol. The van der Waals surface area contributed by atoms with Gasteiger partial charge in [0, 0.05) is 19.0 Å². The Labute approximate surface area is 85.5 Å². The third-order valence-corrected chi connectivity index (χ3v) is 2.53. The van der Waals surface area contributed by atoms with Gasteiger partial charge in [-0.25, -0.2) is 0 Å². The fourth-order valence-electron chi connectivity index (χ4n) is 1.64. The van der Waals surface area contributed by atoms with Gasteiger partial charge in [-0.3, -0.25) is 10.9 Å². The third kappa shape index (κ3) is 2.30. The Morgan fingerprint density at radius 3 is 2.00 bits per heavy atom. The van der Waals surface area contributed by atoms with Crippen molar-refractivity contribution in [3.8, 4) is 0 Å². The summed E-state index contributed by atoms with van der Waals surface area (Å²) in [5, 5.41) is 0. The lowest BCUT2D eigenvalue weighted by Gasteiger charge is -2.10. The molecule has 0 aliphatic carbocycles. The van der Waals surface area contributed by atoms with Crippen molar-refractivity contribution >= 4 is 0 Å². The fourth-order valence-corrected chi connectivity index (χ4v) is 1.64. The molecule has 0 unspecified atom stereocenters. The molecule has 0 saturated carbocycles. The molecule has 1 aliphatic rings. The zero-order valence-corrected chi connectivity index (χ0v) is 7.93. The van der Waals surface area contributed by atoms with E-state index in [-0.39, 0.29) is 5.92 Å². The van der Waals surface area contributed by atoms with Crippen molar-refractivity contribution in [3.63, 3.8) is 0 Å². The molecule has 5 heteroatoms. The van der Waals surface area contributed by atoms with Gasteiger partial charge in [-0.2, -0.15) is 13.2 Å². The van der Waals surface area contributed by atoms with E-state index in [9.17, 15) is 13.2 Å². The smallest absolute Gasteiger partial charge is 0.257 e. The molecule has 2 N–H and O–H groups in total. The summed E-state index contributed by atoms with van der Waals surface area (Å²) in [6.45, 7) is 1.51. The number of benzene rings is 1. The Morgan fingerprint density at radius 1 is 1.00 bits per heavy atom. The van der Waals surface area contributed by atoms with Crippen LogP contribution in [0.2, 0.25) is 0 Å². The molecule has 1 fully saturated rings. The topological polar surface area (TPSA) is 24.1 Å². The summed E-state index contributed by atoms with van der Waals surface area (Å²) in [6, 6.07) is 5.35. The van der Waals surface area contributed by atoms with E-state index in [0.29, 0.717) is 0 Å². The summed E-state index contributed by atoms with van der Waals surface area (Å²) in [4.78, 5) is 0. The van der Waals surface area contributed by atoms with Gasteiger partial charge in [-0.05, 0) is 17.7 Å². The van der Waals surface area contributed by atoms with E-state index in [1.807, 2.05) is 0 Å². The predicted octanol–water partition coefficient (Wildman–Crippen LogP) is 1.90. The third-order valence-electron chi connectivity index (χ3n) is 2.53. The van der Waals surface area contributed by atoms with Crippen LogP contribution < -0.4 is 10.9 Å². The van der Waals surface area contributed by atoms with Crippen molar-refractivity contribution in [3.05, 3.63) is 35.4 Å². The Balaban J connectivity index is 2.16. The van der Waals surface area contributed by atoms with Crippen molar-refractivity contribution in [2.75, 3.05) is 13.1 Å². The van der Waals surface area contributed by atoms with Crippen LogP contribution in [0.1, 0.15) is 17.0 Å². The number of hydrogen-bond donors (Lipinski definition) is 2. The summed E-state index contributed by atoms with van der Waals surface area (Å²) in [5.74, 6) is 0.257. The lowest BCUT2D eigenvalue weighted by molar-refractivity contribution is -0.137. The summed E-state index contributed by atoms with van der Waals surface area (Å²) in [6.07, 6.45) is -4.25. The first-order chi connectivity index (χ1) is 7.07. The molecule has 0 atom stereocenters. The van der Waals surface area contributed by atoms with Crippen LogP contribution in [-0.4, -0.2) is 13.1 Å². The summed E-state index contributed by atoms with van der Waals surface area (Å²) in [5.41, 5.74) is 6.23. The van der Waals surface area contributed by atoms with Crippen molar-refractivity contribution in [2.24, 2.45) is 0 Å². The number of hydrazine groups is 1. The second kappa shape index (κ2) is 3.83. The van der Waals surface area contributed by atoms with Gasteiger partial charge in [0.25, 0.3) is 0 Å². The number of rotatable bonds is 1. The Hall–Kier alpha value is -1.07. The van der Waals surface area contributed by atoms with E-state index >= 15 is 0 Å². The quantitative estimate of drug-likeness (QED) is 0.749. The molecule has 1 saturated heterocycles. The molecule has 0 radical (unpaired) electrons. The zero-order valence-electron chi connectivity index (χ0n) is 7.93. The first kappa shape index (κ1) is 10.4. The monoisotopic (exact) mass is 216 g/mol. The minimum Gasteiger partial charge on any atom is -0.257 e. The lowest BCUT2D eigenvalue weighted by Crippen LogP contribution is -2.21. The van der Waals surface area contributed by atoms with Gasteiger partial charge in [-0.15, -0.1) is 0 Å². The molecule has 15 heavy (non-hydrogen) atoms. The highest BCUT2D eigenvalue weighted by Gasteiger charge is 2.30. The molecule has 2 rings (SSSR count). The van der Waals surface area contributed by atoms with Crippen LogP contribution in [0.25, 0.3) is 0 Å². The number of hydrogen-bond acceptors (Lipinski definition) is 2. The van der Waals surface area contributed by atoms with Crippen molar-refractivity contribution < 1.29 is 13.2 Å². The van der Waals surface area contributed by atoms with Crippen LogP contribution in [0.3, 0.4) is 0 Å². The van der Waals surface area contributed by atoms with E-state index in [1.54, 1.807) is 12.1 Å². The van der Waals surface area contributed by atoms with Crippen molar-refractivity contribution in [1.29, 1.82) is 0 Å². The maximum Gasteiger partial charge on any atom is 0.416 e. The van der Waals surface area contributed by atoms with Crippen LogP contribution in [0.5, 0.6) is 0 Å². The Bertz CT molecular complexity index is 326. The molecule has 1 aromatic rings. The zero-order chi connectivity index (χ0) is 10.9. The van der Waals surface area contributed by atoms with Crippen LogP contribution in [-0.2, 0) is 6.18 Å². The maximum atomic E-state index is 12.3. The predicted molar refractivity (Wildman–Crippen MR) is 50.2 cm³/mol. The van der Waals surface area contributed by atoms with E-state index in [0.717, 1.165) is 30.8 Å². The van der Waals surface area contributed by atoms with Crippen molar-refractivity contribution in [1.82, 2.24) is 10.9 Å². The normalized spacial score (nSPS) is 18.3. The fraction of sp³-hybridized carbons (Fsp3) is 0.400. The van der Waals surface area contributed by atoms with Crippen LogP contribution in [0.15, 0.2) is 24.3 Å². The van der Waals surface area contributed by atoms with Gasteiger partial charge < -0.3 is 0 Å². The van der Waals surface area contributed by atoms with Crippen molar-refractivity contribution in [2.45, 2.75) is 12.1 Å². The molecule has 0 aromatic heterocycles. The highest BCUT2D eigenvalue weighted by Crippen LogP contribution is 2.30. The number of nitrogens with one attached hydrogen (secondary N) is 2. The van der Waals surface area contributed by atoms with Gasteiger partial charge in [0.05, 0.1) is 5.56 Å². The van der Waals surface area contributed by atoms with E-state index in [1.165, 1.54) is 0 Å². The minimum atomic E-state index is -4.25. The van der Waals surface area contributed by atoms with Gasteiger partial charge in [-0.1, -0.05) is 12.1 Å². The highest BCUT2D eigenvalue weighted by atomic mass is 19.4. The molecule has 0 bridgehead atoms. The molecule has 1 heterocycles. The summed E-state index contributed by atoms with van der Waals surface area (Å²) < 4.78 is 36.8. The average molecular weight is 216 g/mol. The van der Waals surface area contributed by atoms with Gasteiger partial charge >= 0.3 is 6.18 Å². The summed E-state index contributed by atoms with van der Waals surface area (Å²) in [7, 11) is 0. The van der Waals surface area contributed by atoms with E-state index in [4.69, 9.17) is 0 Å². The van der Waals surface area contributed by atoms with Gasteiger partial charge in [0.1, 0.15) is 0 Å². The van der Waals surface area contributed by atoms with E-state index < -0.39 is 11.7 Å². The Kier molecular flexibility index (Phi) is 2.67. The standard InChI is InChI=1S/C10H11F3N2/c11-10(12,13)9-3-1-7(2-4-9)8-5-14-15-6-8/h1-4,8,14-15H,5-6H2. The van der Waals surface area contributed by atoms with E-state index in [2.05, 4.69) is 10.9 Å². The average Bonchev–Trinajstić information content (AvgIpc) is 2.69. The molecule has 1 aliphatic heterocycles. The van der Waals surface area contributed by atoms with Crippen LogP contribution in [0, 0.1) is 0 Å². The molecule has 2 nitrogen and oxygen atoms in total. The molecule has 82 valence electrons. The number of alkyl halides is 3. The largest absolute Gasteiger partial charge is 0.416 e. The molecule has 0 spiro atoms. The minimum absolute atomic E-state index is 0.257.